The van der Waals surface area contributed by atoms with Crippen molar-refractivity contribution in [2.24, 2.45) is 0 Å². The molecule has 4 rings (SSSR count). The molecule has 2 aromatic carbocycles. The van der Waals surface area contributed by atoms with E-state index in [0.717, 1.165) is 11.1 Å². The number of carbonyl (C=O) groups is 2. The van der Waals surface area contributed by atoms with E-state index >= 15 is 0 Å². The van der Waals surface area contributed by atoms with Crippen molar-refractivity contribution in [3.05, 3.63) is 95.8 Å². The van der Waals surface area contributed by atoms with Crippen molar-refractivity contribution in [2.45, 2.75) is 25.6 Å². The van der Waals surface area contributed by atoms with Gasteiger partial charge in [0, 0.05) is 24.2 Å². The van der Waals surface area contributed by atoms with Crippen LogP contribution in [0.5, 0.6) is 5.88 Å². The van der Waals surface area contributed by atoms with E-state index in [4.69, 9.17) is 14.0 Å². The Hall–Kier alpha value is -5.17. The number of carboxylic acid groups (broad SMARTS) is 1. The number of hydrogen-bond acceptors (Lipinski definition) is 8. The largest absolute Gasteiger partial charge is 0.478 e. The Kier molecular flexibility index (Phi) is 7.75. The van der Waals surface area contributed by atoms with Gasteiger partial charge in [-0.05, 0) is 24.1 Å². The first-order valence-corrected chi connectivity index (χ1v) is 11.3. The second kappa shape index (κ2) is 11.5. The maximum Gasteiger partial charge on any atom is 0.412 e. The molecule has 4 aromatic rings. The van der Waals surface area contributed by atoms with Crippen LogP contribution in [0.3, 0.4) is 0 Å². The van der Waals surface area contributed by atoms with Gasteiger partial charge in [0.1, 0.15) is 17.9 Å². The summed E-state index contributed by atoms with van der Waals surface area (Å²) in [5.74, 6) is -0.963. The van der Waals surface area contributed by atoms with Gasteiger partial charge in [0.15, 0.2) is 5.76 Å². The van der Waals surface area contributed by atoms with Gasteiger partial charge in [0.2, 0.25) is 17.7 Å². The number of pyridine rings is 1. The minimum absolute atomic E-state index is 0.0238. The molecule has 2 N–H and O–H groups in total. The average Bonchev–Trinajstić information content (AvgIpc) is 3.32. The molecule has 10 heteroatoms. The molecule has 186 valence electrons. The van der Waals surface area contributed by atoms with Gasteiger partial charge in [-0.25, -0.2) is 14.6 Å². The Morgan fingerprint density at radius 1 is 1.08 bits per heavy atom. The maximum absolute atomic E-state index is 12.5. The van der Waals surface area contributed by atoms with Crippen LogP contribution < -0.4 is 10.1 Å². The molecule has 1 amide bonds. The number of rotatable bonds is 9. The third-order valence-corrected chi connectivity index (χ3v) is 5.38. The molecular weight excluding hydrogens is 476 g/mol. The fourth-order valence-corrected chi connectivity index (χ4v) is 3.50. The first-order valence-electron chi connectivity index (χ1n) is 11.3. The molecule has 0 aliphatic carbocycles. The van der Waals surface area contributed by atoms with E-state index in [2.05, 4.69) is 15.5 Å². The monoisotopic (exact) mass is 498 g/mol. The summed E-state index contributed by atoms with van der Waals surface area (Å²) in [4.78, 5) is 28.4. The van der Waals surface area contributed by atoms with Crippen LogP contribution in [-0.4, -0.2) is 33.4 Å². The summed E-state index contributed by atoms with van der Waals surface area (Å²) in [5.41, 5.74) is 1.86. The lowest BCUT2D eigenvalue weighted by atomic mass is 10.1. The molecule has 10 nitrogen and oxygen atoms in total. The summed E-state index contributed by atoms with van der Waals surface area (Å²) in [7, 11) is 0. The zero-order valence-corrected chi connectivity index (χ0v) is 19.7. The van der Waals surface area contributed by atoms with Crippen molar-refractivity contribution in [3.63, 3.8) is 0 Å². The maximum atomic E-state index is 12.5. The van der Waals surface area contributed by atoms with E-state index in [0.29, 0.717) is 5.56 Å². The quantitative estimate of drug-likeness (QED) is 0.325. The van der Waals surface area contributed by atoms with E-state index in [1.54, 1.807) is 13.0 Å². The van der Waals surface area contributed by atoms with Gasteiger partial charge in [0.05, 0.1) is 0 Å². The fourth-order valence-electron chi connectivity index (χ4n) is 3.50. The lowest BCUT2D eigenvalue weighted by molar-refractivity contribution is -0.145. The predicted molar refractivity (Wildman–Crippen MR) is 132 cm³/mol. The van der Waals surface area contributed by atoms with Crippen LogP contribution in [0.2, 0.25) is 0 Å². The number of aromatic nitrogens is 2. The highest BCUT2D eigenvalue weighted by Gasteiger charge is 2.24. The highest BCUT2D eigenvalue weighted by atomic mass is 16.6. The Bertz CT molecular complexity index is 1400. The Balaban J connectivity index is 1.48. The number of carbonyl (C=O) groups excluding carboxylic acids is 1. The number of ether oxygens (including phenoxy) is 2. The summed E-state index contributed by atoms with van der Waals surface area (Å²) in [6.07, 6.45) is -0.955. The number of hydrogen-bond donors (Lipinski definition) is 2. The van der Waals surface area contributed by atoms with Crippen molar-refractivity contribution >= 4 is 17.7 Å². The standard InChI is InChI=1S/C27H22N4O6/c1-17(19-10-6-3-7-11-19)35-27(34)30-24-21(15-28)31-37-25(24)20-12-13-23(29-16-20)36-22(26(32)33)14-18-8-4-2-5-9-18/h2-13,16-17,22H,14H2,1H3,(H,30,34)(H,32,33). The van der Waals surface area contributed by atoms with E-state index < -0.39 is 24.3 Å². The summed E-state index contributed by atoms with van der Waals surface area (Å²) < 4.78 is 16.3. The number of nitrogens with zero attached hydrogens (tertiary/aromatic N) is 3. The summed E-state index contributed by atoms with van der Waals surface area (Å²) >= 11 is 0. The second-order valence-corrected chi connectivity index (χ2v) is 7.95. The highest BCUT2D eigenvalue weighted by molar-refractivity contribution is 5.91. The number of aliphatic carboxylic acids is 1. The zero-order chi connectivity index (χ0) is 26.2. The van der Waals surface area contributed by atoms with Crippen LogP contribution in [0.1, 0.15) is 29.8 Å². The van der Waals surface area contributed by atoms with Crippen molar-refractivity contribution < 1.29 is 28.7 Å². The molecule has 37 heavy (non-hydrogen) atoms. The van der Waals surface area contributed by atoms with E-state index in [1.807, 2.05) is 66.7 Å². The van der Waals surface area contributed by atoms with Crippen molar-refractivity contribution in [1.82, 2.24) is 10.1 Å². The molecule has 0 aliphatic heterocycles. The molecule has 0 radical (unpaired) electrons. The molecule has 0 saturated heterocycles. The Labute approximate surface area is 212 Å². The number of nitrogens with one attached hydrogen (secondary N) is 1. The Morgan fingerprint density at radius 3 is 2.41 bits per heavy atom. The first kappa shape index (κ1) is 24.9. The molecule has 2 heterocycles. The molecule has 0 fully saturated rings. The van der Waals surface area contributed by atoms with Crippen molar-refractivity contribution in [1.29, 1.82) is 5.26 Å². The van der Waals surface area contributed by atoms with Gasteiger partial charge in [-0.1, -0.05) is 65.8 Å². The van der Waals surface area contributed by atoms with Crippen LogP contribution in [0.4, 0.5) is 10.5 Å². The number of carboxylic acids is 1. The topological polar surface area (TPSA) is 148 Å². The van der Waals surface area contributed by atoms with Crippen molar-refractivity contribution in [2.75, 3.05) is 5.32 Å². The highest BCUT2D eigenvalue weighted by Crippen LogP contribution is 2.32. The van der Waals surface area contributed by atoms with E-state index in [1.165, 1.54) is 12.3 Å². The molecule has 0 saturated carbocycles. The van der Waals surface area contributed by atoms with Gasteiger partial charge >= 0.3 is 12.1 Å². The first-order chi connectivity index (χ1) is 17.9. The van der Waals surface area contributed by atoms with E-state index in [-0.39, 0.29) is 29.4 Å². The predicted octanol–water partition coefficient (Wildman–Crippen LogP) is 4.99. The summed E-state index contributed by atoms with van der Waals surface area (Å²) in [6.45, 7) is 1.72. The lowest BCUT2D eigenvalue weighted by Crippen LogP contribution is -2.29. The zero-order valence-electron chi connectivity index (χ0n) is 19.7. The lowest BCUT2D eigenvalue weighted by Gasteiger charge is -2.15. The normalized spacial score (nSPS) is 12.1. The minimum atomic E-state index is -1.14. The Morgan fingerprint density at radius 2 is 1.78 bits per heavy atom. The smallest absolute Gasteiger partial charge is 0.412 e. The van der Waals surface area contributed by atoms with E-state index in [9.17, 15) is 20.0 Å². The van der Waals surface area contributed by atoms with Gasteiger partial charge in [-0.2, -0.15) is 5.26 Å². The van der Waals surface area contributed by atoms with Crippen LogP contribution >= 0.6 is 0 Å². The summed E-state index contributed by atoms with van der Waals surface area (Å²) in [5, 5.41) is 25.2. The molecule has 2 aromatic heterocycles. The van der Waals surface area contributed by atoms with Gasteiger partial charge in [0.25, 0.3) is 0 Å². The molecule has 0 spiro atoms. The third-order valence-electron chi connectivity index (χ3n) is 5.38. The number of amides is 1. The van der Waals surface area contributed by atoms with Gasteiger partial charge in [-0.3, -0.25) is 5.32 Å². The van der Waals surface area contributed by atoms with Crippen molar-refractivity contribution in [3.8, 4) is 23.3 Å². The van der Waals surface area contributed by atoms with Gasteiger partial charge < -0.3 is 19.1 Å². The molecule has 2 unspecified atom stereocenters. The number of benzene rings is 2. The van der Waals surface area contributed by atoms with Gasteiger partial charge in [-0.15, -0.1) is 0 Å². The molecular formula is C27H22N4O6. The number of anilines is 1. The van der Waals surface area contributed by atoms with Crippen LogP contribution in [0.15, 0.2) is 83.5 Å². The van der Waals surface area contributed by atoms with Crippen LogP contribution in [-0.2, 0) is 16.0 Å². The molecule has 0 bridgehead atoms. The third kappa shape index (κ3) is 6.29. The van der Waals surface area contributed by atoms with Crippen LogP contribution in [0, 0.1) is 11.3 Å². The minimum Gasteiger partial charge on any atom is -0.478 e. The van der Waals surface area contributed by atoms with Crippen LogP contribution in [0.25, 0.3) is 11.3 Å². The number of nitriles is 1. The second-order valence-electron chi connectivity index (χ2n) is 7.95. The summed E-state index contributed by atoms with van der Waals surface area (Å²) in [6, 6.07) is 23.2. The average molecular weight is 498 g/mol. The molecule has 2 atom stereocenters. The molecule has 0 aliphatic rings. The SMILES string of the molecule is CC(OC(=O)Nc1c(C#N)noc1-c1ccc(OC(Cc2ccccc2)C(=O)O)nc1)c1ccccc1. The fraction of sp³-hybridized carbons (Fsp3) is 0.148.